The molecule has 8 heteroatoms. The van der Waals surface area contributed by atoms with Crippen LogP contribution in [0.2, 0.25) is 0 Å². The number of carbonyl (C=O) groups is 1. The molecule has 0 radical (unpaired) electrons. The lowest BCUT2D eigenvalue weighted by atomic mass is 10.2. The van der Waals surface area contributed by atoms with E-state index >= 15 is 0 Å². The van der Waals surface area contributed by atoms with Gasteiger partial charge in [0.1, 0.15) is 5.69 Å². The largest absolute Gasteiger partial charge is 0.461 e. The number of nitrogens with zero attached hydrogens (tertiary/aromatic N) is 4. The number of esters is 1. The number of fused-ring (bicyclic) bond motifs is 1. The van der Waals surface area contributed by atoms with Gasteiger partial charge in [0, 0.05) is 12.3 Å². The third-order valence-electron chi connectivity index (χ3n) is 3.47. The van der Waals surface area contributed by atoms with Gasteiger partial charge < -0.3 is 4.74 Å². The summed E-state index contributed by atoms with van der Waals surface area (Å²) < 4.78 is 6.31. The maximum atomic E-state index is 12.1. The van der Waals surface area contributed by atoms with Crippen LogP contribution >= 0.6 is 0 Å². The minimum absolute atomic E-state index is 0.0785. The molecule has 2 heterocycles. The van der Waals surface area contributed by atoms with Gasteiger partial charge in [0.2, 0.25) is 0 Å². The van der Waals surface area contributed by atoms with E-state index < -0.39 is 10.9 Å². The molecule has 0 spiro atoms. The highest BCUT2D eigenvalue weighted by atomic mass is 16.6. The Bertz CT molecular complexity index is 948. The van der Waals surface area contributed by atoms with Crippen LogP contribution in [0.25, 0.3) is 16.7 Å². The molecule has 0 aliphatic rings. The fourth-order valence-corrected chi connectivity index (χ4v) is 2.43. The molecule has 0 atom stereocenters. The summed E-state index contributed by atoms with van der Waals surface area (Å²) in [5.41, 5.74) is 1.31. The molecule has 24 heavy (non-hydrogen) atoms. The summed E-state index contributed by atoms with van der Waals surface area (Å²) in [6.45, 7) is 3.67. The number of nitro benzene ring substituents is 1. The molecular formula is C16H14N4O4. The molecule has 3 rings (SSSR count). The van der Waals surface area contributed by atoms with Crippen molar-refractivity contribution in [1.82, 2.24) is 14.8 Å². The number of ether oxygens (including phenoxy) is 1. The van der Waals surface area contributed by atoms with Crippen LogP contribution in [0.4, 0.5) is 5.69 Å². The van der Waals surface area contributed by atoms with E-state index in [-0.39, 0.29) is 23.7 Å². The zero-order valence-electron chi connectivity index (χ0n) is 13.1. The highest BCUT2D eigenvalue weighted by molar-refractivity contribution is 6.01. The average molecular weight is 326 g/mol. The van der Waals surface area contributed by atoms with E-state index in [9.17, 15) is 14.9 Å². The Morgan fingerprint density at radius 2 is 2.17 bits per heavy atom. The van der Waals surface area contributed by atoms with Crippen LogP contribution in [0.1, 0.15) is 23.0 Å². The Balaban J connectivity index is 2.28. The van der Waals surface area contributed by atoms with E-state index in [1.54, 1.807) is 38.1 Å². The van der Waals surface area contributed by atoms with Crippen LogP contribution in [-0.4, -0.2) is 32.3 Å². The summed E-state index contributed by atoms with van der Waals surface area (Å²) in [6.07, 6.45) is 1.54. The van der Waals surface area contributed by atoms with E-state index in [0.717, 1.165) is 5.56 Å². The highest BCUT2D eigenvalue weighted by Gasteiger charge is 2.24. The number of rotatable bonds is 4. The second-order valence-corrected chi connectivity index (χ2v) is 5.10. The molecular weight excluding hydrogens is 312 g/mol. The van der Waals surface area contributed by atoms with Gasteiger partial charge in [0.05, 0.1) is 16.9 Å². The molecule has 0 aliphatic carbocycles. The maximum absolute atomic E-state index is 12.1. The summed E-state index contributed by atoms with van der Waals surface area (Å²) >= 11 is 0. The van der Waals surface area contributed by atoms with E-state index in [1.807, 2.05) is 0 Å². The lowest BCUT2D eigenvalue weighted by Crippen LogP contribution is -2.08. The average Bonchev–Trinajstić information content (AvgIpc) is 2.94. The Hall–Kier alpha value is -3.29. The molecule has 8 nitrogen and oxygen atoms in total. The first-order valence-electron chi connectivity index (χ1n) is 7.29. The Labute approximate surface area is 136 Å². The molecule has 0 amide bonds. The smallest absolute Gasteiger partial charge is 0.359 e. The van der Waals surface area contributed by atoms with E-state index in [1.165, 1.54) is 16.9 Å². The van der Waals surface area contributed by atoms with Crippen LogP contribution < -0.4 is 0 Å². The van der Waals surface area contributed by atoms with Crippen LogP contribution in [0.15, 0.2) is 36.5 Å². The first-order chi connectivity index (χ1) is 11.5. The first kappa shape index (κ1) is 15.6. The number of carbonyl (C=O) groups excluding carboxylic acids is 1. The first-order valence-corrected chi connectivity index (χ1v) is 7.29. The van der Waals surface area contributed by atoms with Crippen molar-refractivity contribution in [1.29, 1.82) is 0 Å². The lowest BCUT2D eigenvalue weighted by Gasteiger charge is -2.04. The van der Waals surface area contributed by atoms with Crippen molar-refractivity contribution in [2.45, 2.75) is 13.8 Å². The molecule has 0 fully saturated rings. The van der Waals surface area contributed by atoms with Crippen molar-refractivity contribution in [3.05, 3.63) is 57.9 Å². The van der Waals surface area contributed by atoms with Crippen LogP contribution in [0, 0.1) is 17.0 Å². The molecule has 122 valence electrons. The van der Waals surface area contributed by atoms with Gasteiger partial charge in [-0.2, -0.15) is 5.10 Å². The molecule has 1 aromatic carbocycles. The predicted molar refractivity (Wildman–Crippen MR) is 86.2 cm³/mol. The fourth-order valence-electron chi connectivity index (χ4n) is 2.43. The van der Waals surface area contributed by atoms with Gasteiger partial charge in [0.25, 0.3) is 5.69 Å². The molecule has 3 aromatic rings. The number of aromatic nitrogens is 3. The van der Waals surface area contributed by atoms with Crippen molar-refractivity contribution in [3.8, 4) is 5.69 Å². The number of benzene rings is 1. The van der Waals surface area contributed by atoms with Crippen molar-refractivity contribution >= 4 is 22.7 Å². The van der Waals surface area contributed by atoms with Crippen LogP contribution in [0.5, 0.6) is 0 Å². The molecule has 0 unspecified atom stereocenters. The zero-order valence-corrected chi connectivity index (χ0v) is 13.1. The minimum Gasteiger partial charge on any atom is -0.461 e. The molecule has 2 aromatic heterocycles. The molecule has 0 saturated carbocycles. The summed E-state index contributed by atoms with van der Waals surface area (Å²) in [4.78, 5) is 27.2. The van der Waals surface area contributed by atoms with Crippen molar-refractivity contribution in [2.24, 2.45) is 0 Å². The minimum atomic E-state index is -0.594. The van der Waals surface area contributed by atoms with Gasteiger partial charge in [-0.25, -0.2) is 14.5 Å². The van der Waals surface area contributed by atoms with Gasteiger partial charge in [-0.15, -0.1) is 0 Å². The molecule has 0 bridgehead atoms. The maximum Gasteiger partial charge on any atom is 0.359 e. The zero-order chi connectivity index (χ0) is 17.3. The van der Waals surface area contributed by atoms with Gasteiger partial charge in [-0.05, 0) is 37.6 Å². The van der Waals surface area contributed by atoms with Gasteiger partial charge >= 0.3 is 5.97 Å². The number of nitro groups is 1. The lowest BCUT2D eigenvalue weighted by molar-refractivity contribution is -0.384. The van der Waals surface area contributed by atoms with Crippen molar-refractivity contribution in [3.63, 3.8) is 0 Å². The quantitative estimate of drug-likeness (QED) is 0.415. The third-order valence-corrected chi connectivity index (χ3v) is 3.47. The second kappa shape index (κ2) is 6.07. The van der Waals surface area contributed by atoms with Gasteiger partial charge in [0.15, 0.2) is 11.3 Å². The fraction of sp³-hybridized carbons (Fsp3) is 0.188. The Kier molecular flexibility index (Phi) is 3.95. The number of hydrogen-bond acceptors (Lipinski definition) is 6. The van der Waals surface area contributed by atoms with Crippen LogP contribution in [0.3, 0.4) is 0 Å². The molecule has 0 saturated heterocycles. The molecule has 0 N–H and O–H groups in total. The van der Waals surface area contributed by atoms with E-state index in [0.29, 0.717) is 11.0 Å². The van der Waals surface area contributed by atoms with Gasteiger partial charge in [-0.1, -0.05) is 6.07 Å². The number of aryl methyl sites for hydroxylation is 1. The summed E-state index contributed by atoms with van der Waals surface area (Å²) in [5, 5.41) is 16.1. The Morgan fingerprint density at radius 3 is 2.88 bits per heavy atom. The van der Waals surface area contributed by atoms with Crippen molar-refractivity contribution in [2.75, 3.05) is 6.61 Å². The van der Waals surface area contributed by atoms with Crippen LogP contribution in [-0.2, 0) is 4.74 Å². The standard InChI is InChI=1S/C16H14N4O4/c1-3-24-16(21)14-11-5-4-8-17-15(11)19(18-14)12-7-6-10(2)9-13(12)20(22)23/h4-9H,3H2,1-2H3. The molecule has 0 aliphatic heterocycles. The Morgan fingerprint density at radius 1 is 1.38 bits per heavy atom. The van der Waals surface area contributed by atoms with Crippen molar-refractivity contribution < 1.29 is 14.5 Å². The topological polar surface area (TPSA) is 100 Å². The second-order valence-electron chi connectivity index (χ2n) is 5.10. The summed E-state index contributed by atoms with van der Waals surface area (Å²) in [6, 6.07) is 8.13. The van der Waals surface area contributed by atoms with E-state index in [4.69, 9.17) is 4.74 Å². The normalized spacial score (nSPS) is 10.8. The number of pyridine rings is 1. The highest BCUT2D eigenvalue weighted by Crippen LogP contribution is 2.28. The monoisotopic (exact) mass is 326 g/mol. The third kappa shape index (κ3) is 2.58. The summed E-state index contributed by atoms with van der Waals surface area (Å²) in [5.74, 6) is -0.594. The van der Waals surface area contributed by atoms with Gasteiger partial charge in [-0.3, -0.25) is 10.1 Å². The SMILES string of the molecule is CCOC(=O)c1nn(-c2ccc(C)cc2[N+](=O)[O-])c2ncccc12. The summed E-state index contributed by atoms with van der Waals surface area (Å²) in [7, 11) is 0. The predicted octanol–water partition coefficient (Wildman–Crippen LogP) is 2.81. The van der Waals surface area contributed by atoms with E-state index in [2.05, 4.69) is 10.1 Å². The number of hydrogen-bond donors (Lipinski definition) is 0.